The Hall–Kier alpha value is -2.03. The maximum absolute atomic E-state index is 12.5. The number of sulfonamides is 1. The lowest BCUT2D eigenvalue weighted by atomic mass is 10.0. The van der Waals surface area contributed by atoms with Gasteiger partial charge < -0.3 is 10.1 Å². The number of hydrogen-bond acceptors (Lipinski definition) is 5. The van der Waals surface area contributed by atoms with Gasteiger partial charge in [-0.25, -0.2) is 12.7 Å². The highest BCUT2D eigenvalue weighted by molar-refractivity contribution is 7.89. The fraction of sp³-hybridized carbons (Fsp3) is 0.412. The molecule has 0 saturated carbocycles. The zero-order valence-electron chi connectivity index (χ0n) is 14.2. The summed E-state index contributed by atoms with van der Waals surface area (Å²) in [5, 5.41) is 3.78. The number of nitrogens with one attached hydrogen (secondary N) is 1. The van der Waals surface area contributed by atoms with E-state index in [0.29, 0.717) is 18.8 Å². The minimum Gasteiger partial charge on any atom is -0.379 e. The zero-order valence-corrected chi connectivity index (χ0v) is 15.0. The number of aromatic nitrogens is 1. The van der Waals surface area contributed by atoms with E-state index < -0.39 is 10.0 Å². The fourth-order valence-corrected chi connectivity index (χ4v) is 3.98. The van der Waals surface area contributed by atoms with Gasteiger partial charge in [0.25, 0.3) is 5.91 Å². The molecule has 0 bridgehead atoms. The van der Waals surface area contributed by atoms with Crippen molar-refractivity contribution in [3.63, 3.8) is 0 Å². The number of carbonyl (C=O) groups excluding carboxylic acids is 1. The average molecular weight is 363 g/mol. The molecule has 2 atom stereocenters. The first-order valence-electron chi connectivity index (χ1n) is 8.00. The molecular weight excluding hydrogens is 342 g/mol. The molecule has 0 radical (unpaired) electrons. The van der Waals surface area contributed by atoms with Gasteiger partial charge in [-0.2, -0.15) is 0 Å². The second-order valence-corrected chi connectivity index (χ2v) is 8.58. The molecule has 1 aliphatic rings. The van der Waals surface area contributed by atoms with Crippen LogP contribution in [0.4, 0.5) is 0 Å². The quantitative estimate of drug-likeness (QED) is 0.852. The first-order valence-corrected chi connectivity index (χ1v) is 9.61. The van der Waals surface area contributed by atoms with Gasteiger partial charge in [0.05, 0.1) is 30.5 Å². The van der Waals surface area contributed by atoms with Crippen LogP contribution >= 0.6 is 0 Å². The minimum atomic E-state index is -3.35. The lowest BCUT2D eigenvalue weighted by Crippen LogP contribution is -2.43. The molecule has 2 aromatic rings. The molecule has 0 aliphatic carbocycles. The average Bonchev–Trinajstić information content (AvgIpc) is 3.00. The van der Waals surface area contributed by atoms with Crippen LogP contribution in [0.1, 0.15) is 10.4 Å². The lowest BCUT2D eigenvalue weighted by Gasteiger charge is -2.21. The van der Waals surface area contributed by atoms with Gasteiger partial charge in [-0.1, -0.05) is 6.07 Å². The Morgan fingerprint density at radius 1 is 1.32 bits per heavy atom. The third kappa shape index (κ3) is 3.97. The van der Waals surface area contributed by atoms with Crippen LogP contribution < -0.4 is 5.32 Å². The summed E-state index contributed by atoms with van der Waals surface area (Å²) in [6, 6.07) is 8.67. The van der Waals surface area contributed by atoms with E-state index in [-0.39, 0.29) is 23.6 Å². The van der Waals surface area contributed by atoms with Crippen LogP contribution in [-0.4, -0.2) is 62.7 Å². The number of benzene rings is 1. The molecule has 8 heteroatoms. The molecule has 1 aromatic carbocycles. The predicted octanol–water partition coefficient (Wildman–Crippen LogP) is 0.871. The Bertz CT molecular complexity index is 882. The van der Waals surface area contributed by atoms with E-state index in [1.807, 2.05) is 12.1 Å². The fourth-order valence-electron chi connectivity index (χ4n) is 2.81. The van der Waals surface area contributed by atoms with Crippen molar-refractivity contribution in [3.05, 3.63) is 42.1 Å². The van der Waals surface area contributed by atoms with Crippen LogP contribution in [0.3, 0.4) is 0 Å². The van der Waals surface area contributed by atoms with E-state index >= 15 is 0 Å². The van der Waals surface area contributed by atoms with Crippen molar-refractivity contribution in [2.75, 3.05) is 33.1 Å². The van der Waals surface area contributed by atoms with Crippen LogP contribution in [0.5, 0.6) is 0 Å². The normalized spacial score (nSPS) is 20.9. The van der Waals surface area contributed by atoms with E-state index in [1.165, 1.54) is 18.4 Å². The van der Waals surface area contributed by atoms with Crippen LogP contribution in [-0.2, 0) is 14.8 Å². The Balaban J connectivity index is 1.72. The van der Waals surface area contributed by atoms with Gasteiger partial charge in [0, 0.05) is 37.2 Å². The highest BCUT2D eigenvalue weighted by atomic mass is 32.2. The predicted molar refractivity (Wildman–Crippen MR) is 94.8 cm³/mol. The van der Waals surface area contributed by atoms with Gasteiger partial charge in [-0.05, 0) is 24.3 Å². The maximum Gasteiger partial charge on any atom is 0.251 e. The topological polar surface area (TPSA) is 88.6 Å². The molecule has 1 N–H and O–H groups in total. The number of amides is 1. The van der Waals surface area contributed by atoms with Crippen LogP contribution in [0, 0.1) is 5.92 Å². The van der Waals surface area contributed by atoms with Gasteiger partial charge in [-0.3, -0.25) is 9.78 Å². The van der Waals surface area contributed by atoms with E-state index in [2.05, 4.69) is 10.3 Å². The monoisotopic (exact) mass is 363 g/mol. The number of carbonyl (C=O) groups is 1. The van der Waals surface area contributed by atoms with Crippen molar-refractivity contribution >= 4 is 26.8 Å². The van der Waals surface area contributed by atoms with Gasteiger partial charge in [0.1, 0.15) is 0 Å². The summed E-state index contributed by atoms with van der Waals surface area (Å²) >= 11 is 0. The molecule has 2 heterocycles. The Kier molecular flexibility index (Phi) is 5.03. The second-order valence-electron chi connectivity index (χ2n) is 6.35. The number of nitrogens with zero attached hydrogens (tertiary/aromatic N) is 2. The lowest BCUT2D eigenvalue weighted by molar-refractivity contribution is 0.0926. The maximum atomic E-state index is 12.5. The van der Waals surface area contributed by atoms with Gasteiger partial charge in [-0.15, -0.1) is 0 Å². The summed E-state index contributed by atoms with van der Waals surface area (Å²) in [7, 11) is -0.346. The number of hydrogen-bond donors (Lipinski definition) is 1. The summed E-state index contributed by atoms with van der Waals surface area (Å²) in [5.74, 6) is -0.556. The number of fused-ring (bicyclic) bond motifs is 1. The van der Waals surface area contributed by atoms with Gasteiger partial charge >= 0.3 is 0 Å². The summed E-state index contributed by atoms with van der Waals surface area (Å²) in [5.41, 5.74) is 1.33. The Morgan fingerprint density at radius 3 is 2.88 bits per heavy atom. The molecule has 25 heavy (non-hydrogen) atoms. The van der Waals surface area contributed by atoms with Crippen molar-refractivity contribution in [1.29, 1.82) is 0 Å². The van der Waals surface area contributed by atoms with Crippen molar-refractivity contribution in [2.45, 2.75) is 6.04 Å². The van der Waals surface area contributed by atoms with Gasteiger partial charge in [0.2, 0.25) is 10.0 Å². The molecule has 1 saturated heterocycles. The zero-order chi connectivity index (χ0) is 18.0. The highest BCUT2D eigenvalue weighted by Gasteiger charge is 2.34. The molecule has 1 fully saturated rings. The highest BCUT2D eigenvalue weighted by Crippen LogP contribution is 2.19. The molecule has 1 aliphatic heterocycles. The van der Waals surface area contributed by atoms with E-state index in [9.17, 15) is 13.2 Å². The van der Waals surface area contributed by atoms with Crippen molar-refractivity contribution in [2.24, 2.45) is 5.92 Å². The number of pyridine rings is 1. The summed E-state index contributed by atoms with van der Waals surface area (Å²) in [6.45, 7) is 0.633. The van der Waals surface area contributed by atoms with E-state index in [0.717, 1.165) is 10.9 Å². The molecule has 7 nitrogen and oxygen atoms in total. The summed E-state index contributed by atoms with van der Waals surface area (Å²) in [6.07, 6.45) is 1.70. The van der Waals surface area contributed by atoms with Crippen molar-refractivity contribution < 1.29 is 17.9 Å². The SMILES string of the molecule is CN(C)S(=O)(=O)C[C@@H]1COC[C@H]1NC(=O)c1ccc2ncccc2c1. The smallest absolute Gasteiger partial charge is 0.251 e. The van der Waals surface area contributed by atoms with E-state index in [1.54, 1.807) is 24.4 Å². The third-order valence-corrected chi connectivity index (χ3v) is 6.32. The Labute approximate surface area is 147 Å². The minimum absolute atomic E-state index is 0.0490. The van der Waals surface area contributed by atoms with Crippen molar-refractivity contribution in [1.82, 2.24) is 14.6 Å². The molecular formula is C17H21N3O4S. The first kappa shape index (κ1) is 17.8. The third-order valence-electron chi connectivity index (χ3n) is 4.36. The van der Waals surface area contributed by atoms with Crippen molar-refractivity contribution in [3.8, 4) is 0 Å². The number of rotatable bonds is 5. The van der Waals surface area contributed by atoms with Crippen LogP contribution in [0.15, 0.2) is 36.5 Å². The Morgan fingerprint density at radius 2 is 2.12 bits per heavy atom. The first-order chi connectivity index (χ1) is 11.9. The molecule has 3 rings (SSSR count). The summed E-state index contributed by atoms with van der Waals surface area (Å²) < 4.78 is 30.8. The van der Waals surface area contributed by atoms with E-state index in [4.69, 9.17) is 4.74 Å². The summed E-state index contributed by atoms with van der Waals surface area (Å²) in [4.78, 5) is 16.8. The van der Waals surface area contributed by atoms with Crippen LogP contribution in [0.2, 0.25) is 0 Å². The molecule has 0 spiro atoms. The second kappa shape index (κ2) is 7.07. The molecule has 1 amide bonds. The molecule has 0 unspecified atom stereocenters. The molecule has 134 valence electrons. The number of ether oxygens (including phenoxy) is 1. The van der Waals surface area contributed by atoms with Crippen LogP contribution in [0.25, 0.3) is 10.9 Å². The largest absolute Gasteiger partial charge is 0.379 e. The standard InChI is InChI=1S/C17H21N3O4S/c1-20(2)25(22,23)11-14-9-24-10-16(14)19-17(21)13-5-6-15-12(8-13)4-3-7-18-15/h3-8,14,16H,9-11H2,1-2H3,(H,19,21)/t14-,16+/m0/s1. The van der Waals surface area contributed by atoms with Gasteiger partial charge in [0.15, 0.2) is 0 Å². The molecule has 1 aromatic heterocycles.